The highest BCUT2D eigenvalue weighted by Gasteiger charge is 2.12. The summed E-state index contributed by atoms with van der Waals surface area (Å²) in [5.74, 6) is 0. The topological polar surface area (TPSA) is 33.1 Å². The first kappa shape index (κ1) is 12.3. The molecule has 1 N–H and O–H groups in total. The van der Waals surface area contributed by atoms with Gasteiger partial charge in [0.1, 0.15) is 0 Å². The van der Waals surface area contributed by atoms with Gasteiger partial charge in [-0.2, -0.15) is 0 Å². The number of aliphatic hydroxyl groups excluding tert-OH is 1. The lowest BCUT2D eigenvalue weighted by atomic mass is 10.0. The number of fused-ring (bicyclic) bond motifs is 1. The van der Waals surface area contributed by atoms with Gasteiger partial charge in [0, 0.05) is 17.3 Å². The Bertz CT molecular complexity index is 687. The molecular formula is C16H15NOS. The van der Waals surface area contributed by atoms with E-state index < -0.39 is 6.10 Å². The van der Waals surface area contributed by atoms with Crippen molar-refractivity contribution in [1.29, 1.82) is 0 Å². The van der Waals surface area contributed by atoms with Gasteiger partial charge in [0.2, 0.25) is 0 Å². The highest BCUT2D eigenvalue weighted by molar-refractivity contribution is 7.17. The normalized spacial score (nSPS) is 12.7. The van der Waals surface area contributed by atoms with Crippen LogP contribution in [0.3, 0.4) is 0 Å². The Morgan fingerprint density at radius 3 is 2.84 bits per heavy atom. The summed E-state index contributed by atoms with van der Waals surface area (Å²) in [6.45, 7) is 2.00. The summed E-state index contributed by atoms with van der Waals surface area (Å²) in [5.41, 5.74) is 3.04. The highest BCUT2D eigenvalue weighted by atomic mass is 32.1. The van der Waals surface area contributed by atoms with Crippen LogP contribution in [0.25, 0.3) is 10.1 Å². The summed E-state index contributed by atoms with van der Waals surface area (Å²) < 4.78 is 1.27. The minimum Gasteiger partial charge on any atom is -0.386 e. The van der Waals surface area contributed by atoms with Crippen LogP contribution >= 0.6 is 11.3 Å². The molecule has 2 aromatic heterocycles. The molecule has 2 nitrogen and oxygen atoms in total. The number of pyridine rings is 1. The van der Waals surface area contributed by atoms with E-state index in [1.165, 1.54) is 15.6 Å². The minimum absolute atomic E-state index is 0.543. The molecule has 1 atom stereocenters. The van der Waals surface area contributed by atoms with Crippen LogP contribution in [0.4, 0.5) is 0 Å². The quantitative estimate of drug-likeness (QED) is 0.782. The Morgan fingerprint density at radius 1 is 1.21 bits per heavy atom. The molecule has 1 unspecified atom stereocenters. The molecule has 3 rings (SSSR count). The first-order valence-electron chi connectivity index (χ1n) is 6.30. The number of benzene rings is 1. The summed E-state index contributed by atoms with van der Waals surface area (Å²) in [5, 5.41) is 13.6. The number of hydrogen-bond donors (Lipinski definition) is 1. The molecule has 0 radical (unpaired) electrons. The Morgan fingerprint density at radius 2 is 2.05 bits per heavy atom. The predicted octanol–water partition coefficient (Wildman–Crippen LogP) is 3.88. The molecule has 19 heavy (non-hydrogen) atoms. The van der Waals surface area contributed by atoms with Crippen LogP contribution in [-0.2, 0) is 6.42 Å². The third-order valence-electron chi connectivity index (χ3n) is 3.25. The van der Waals surface area contributed by atoms with Crippen molar-refractivity contribution in [3.05, 3.63) is 64.8 Å². The number of aliphatic hydroxyl groups is 1. The van der Waals surface area contributed by atoms with Crippen LogP contribution in [-0.4, -0.2) is 10.1 Å². The molecule has 1 aromatic carbocycles. The summed E-state index contributed by atoms with van der Waals surface area (Å²) in [7, 11) is 0. The van der Waals surface area contributed by atoms with Crippen molar-refractivity contribution >= 4 is 21.4 Å². The van der Waals surface area contributed by atoms with Crippen molar-refractivity contribution in [2.45, 2.75) is 19.4 Å². The first-order chi connectivity index (χ1) is 9.24. The standard InChI is InChI=1S/C16H15NOS/c1-11-6-7-14(17-9-11)15(18)8-12-10-19-16-5-3-2-4-13(12)16/h2-7,9-10,15,18H,8H2,1H3. The van der Waals surface area contributed by atoms with Gasteiger partial charge in [-0.25, -0.2) is 0 Å². The number of aryl methyl sites for hydroxylation is 1. The average Bonchev–Trinajstić information content (AvgIpc) is 2.83. The van der Waals surface area contributed by atoms with Gasteiger partial charge >= 0.3 is 0 Å². The number of hydrogen-bond acceptors (Lipinski definition) is 3. The van der Waals surface area contributed by atoms with Gasteiger partial charge in [-0.05, 0) is 40.9 Å². The van der Waals surface area contributed by atoms with Crippen molar-refractivity contribution in [2.24, 2.45) is 0 Å². The molecule has 3 aromatic rings. The van der Waals surface area contributed by atoms with Crippen molar-refractivity contribution < 1.29 is 5.11 Å². The van der Waals surface area contributed by atoms with E-state index in [-0.39, 0.29) is 0 Å². The van der Waals surface area contributed by atoms with E-state index in [4.69, 9.17) is 0 Å². The summed E-state index contributed by atoms with van der Waals surface area (Å²) in [6, 6.07) is 12.2. The van der Waals surface area contributed by atoms with Crippen molar-refractivity contribution in [3.63, 3.8) is 0 Å². The molecule has 0 aliphatic rings. The smallest absolute Gasteiger partial charge is 0.1000 e. The molecule has 2 heterocycles. The number of thiophene rings is 1. The summed E-state index contributed by atoms with van der Waals surface area (Å²) in [6.07, 6.45) is 1.86. The third-order valence-corrected chi connectivity index (χ3v) is 4.26. The van der Waals surface area contributed by atoms with Crippen LogP contribution in [0.1, 0.15) is 22.9 Å². The van der Waals surface area contributed by atoms with Crippen LogP contribution in [0, 0.1) is 6.92 Å². The van der Waals surface area contributed by atoms with Gasteiger partial charge in [0.25, 0.3) is 0 Å². The van der Waals surface area contributed by atoms with E-state index >= 15 is 0 Å². The van der Waals surface area contributed by atoms with E-state index in [9.17, 15) is 5.11 Å². The highest BCUT2D eigenvalue weighted by Crippen LogP contribution is 2.29. The SMILES string of the molecule is Cc1ccc(C(O)Cc2csc3ccccc23)nc1. The lowest BCUT2D eigenvalue weighted by molar-refractivity contribution is 0.174. The Kier molecular flexibility index (Phi) is 3.32. The fourth-order valence-corrected chi connectivity index (χ4v) is 3.16. The predicted molar refractivity (Wildman–Crippen MR) is 79.5 cm³/mol. The largest absolute Gasteiger partial charge is 0.386 e. The number of rotatable bonds is 3. The van der Waals surface area contributed by atoms with Gasteiger partial charge < -0.3 is 5.11 Å². The molecule has 3 heteroatoms. The maximum Gasteiger partial charge on any atom is 0.1000 e. The average molecular weight is 269 g/mol. The lowest BCUT2D eigenvalue weighted by Gasteiger charge is -2.09. The fourth-order valence-electron chi connectivity index (χ4n) is 2.18. The monoisotopic (exact) mass is 269 g/mol. The second kappa shape index (κ2) is 5.11. The second-order valence-corrected chi connectivity index (χ2v) is 5.65. The van der Waals surface area contributed by atoms with Crippen LogP contribution in [0.5, 0.6) is 0 Å². The van der Waals surface area contributed by atoms with Crippen LogP contribution < -0.4 is 0 Å². The molecule has 0 spiro atoms. The fraction of sp³-hybridized carbons (Fsp3) is 0.188. The molecule has 0 amide bonds. The number of nitrogens with zero attached hydrogens (tertiary/aromatic N) is 1. The Balaban J connectivity index is 1.86. The van der Waals surface area contributed by atoms with Crippen molar-refractivity contribution in [1.82, 2.24) is 4.98 Å². The Labute approximate surface area is 116 Å². The van der Waals surface area contributed by atoms with Gasteiger partial charge in [-0.15, -0.1) is 11.3 Å². The maximum absolute atomic E-state index is 10.3. The molecule has 0 fully saturated rings. The molecular weight excluding hydrogens is 254 g/mol. The molecule has 0 saturated carbocycles. The van der Waals surface area contributed by atoms with Gasteiger partial charge in [0.15, 0.2) is 0 Å². The zero-order valence-corrected chi connectivity index (χ0v) is 11.5. The van der Waals surface area contributed by atoms with E-state index in [0.29, 0.717) is 6.42 Å². The van der Waals surface area contributed by atoms with Crippen molar-refractivity contribution in [3.8, 4) is 0 Å². The van der Waals surface area contributed by atoms with Crippen LogP contribution in [0.2, 0.25) is 0 Å². The maximum atomic E-state index is 10.3. The van der Waals surface area contributed by atoms with Gasteiger partial charge in [0.05, 0.1) is 11.8 Å². The lowest BCUT2D eigenvalue weighted by Crippen LogP contribution is -2.03. The zero-order chi connectivity index (χ0) is 13.2. The van der Waals surface area contributed by atoms with Crippen LogP contribution in [0.15, 0.2) is 48.0 Å². The summed E-state index contributed by atoms with van der Waals surface area (Å²) >= 11 is 1.72. The second-order valence-electron chi connectivity index (χ2n) is 4.74. The van der Waals surface area contributed by atoms with Crippen molar-refractivity contribution in [2.75, 3.05) is 0 Å². The van der Waals surface area contributed by atoms with E-state index in [1.54, 1.807) is 17.5 Å². The third kappa shape index (κ3) is 2.53. The molecule has 0 aliphatic carbocycles. The van der Waals surface area contributed by atoms with E-state index in [0.717, 1.165) is 11.3 Å². The number of aromatic nitrogens is 1. The molecule has 96 valence electrons. The zero-order valence-electron chi connectivity index (χ0n) is 10.7. The molecule has 0 aliphatic heterocycles. The van der Waals surface area contributed by atoms with E-state index in [2.05, 4.69) is 22.5 Å². The summed E-state index contributed by atoms with van der Waals surface area (Å²) in [4.78, 5) is 4.29. The molecule has 0 bridgehead atoms. The van der Waals surface area contributed by atoms with Gasteiger partial charge in [-0.1, -0.05) is 24.3 Å². The molecule has 0 saturated heterocycles. The Hall–Kier alpha value is -1.71. The first-order valence-corrected chi connectivity index (χ1v) is 7.18. The van der Waals surface area contributed by atoms with E-state index in [1.807, 2.05) is 31.2 Å². The minimum atomic E-state index is -0.543. The van der Waals surface area contributed by atoms with Gasteiger partial charge in [-0.3, -0.25) is 4.98 Å².